The highest BCUT2D eigenvalue weighted by molar-refractivity contribution is 5.45. The lowest BCUT2D eigenvalue weighted by Gasteiger charge is -2.05. The summed E-state index contributed by atoms with van der Waals surface area (Å²) in [6.45, 7) is 1.44. The van der Waals surface area contributed by atoms with Crippen LogP contribution in [-0.4, -0.2) is 31.8 Å². The molecule has 0 amide bonds. The maximum atomic E-state index is 9.06. The highest BCUT2D eigenvalue weighted by Crippen LogP contribution is 2.11. The van der Waals surface area contributed by atoms with E-state index in [1.165, 1.54) is 0 Å². The van der Waals surface area contributed by atoms with Gasteiger partial charge < -0.3 is 15.5 Å². The van der Waals surface area contributed by atoms with Crippen LogP contribution in [0.5, 0.6) is 0 Å². The fourth-order valence-corrected chi connectivity index (χ4v) is 1.73. The normalized spacial score (nSPS) is 10.6. The van der Waals surface area contributed by atoms with Gasteiger partial charge in [0.15, 0.2) is 0 Å². The topological polar surface area (TPSA) is 83.2 Å². The van der Waals surface area contributed by atoms with Crippen molar-refractivity contribution < 1.29 is 10.2 Å². The Balaban J connectivity index is 1.89. The highest BCUT2D eigenvalue weighted by atomic mass is 16.3. The van der Waals surface area contributed by atoms with Gasteiger partial charge in [-0.1, -0.05) is 17.3 Å². The van der Waals surface area contributed by atoms with Gasteiger partial charge in [0.1, 0.15) is 5.69 Å². The molecule has 0 aliphatic heterocycles. The van der Waals surface area contributed by atoms with E-state index in [2.05, 4.69) is 15.6 Å². The van der Waals surface area contributed by atoms with Crippen LogP contribution in [0.3, 0.4) is 0 Å². The van der Waals surface area contributed by atoms with Crippen LogP contribution in [0.1, 0.15) is 17.7 Å². The number of aliphatic hydroxyl groups excluding tert-OH is 2. The molecule has 6 nitrogen and oxygen atoms in total. The SMILES string of the molecule is OCCCn1cc(CNc2cccc(CO)c2)nn1. The van der Waals surface area contributed by atoms with E-state index in [0.29, 0.717) is 19.5 Å². The van der Waals surface area contributed by atoms with Crippen LogP contribution in [0.15, 0.2) is 30.5 Å². The first-order chi connectivity index (χ1) is 9.31. The minimum absolute atomic E-state index is 0.0346. The summed E-state index contributed by atoms with van der Waals surface area (Å²) < 4.78 is 1.72. The molecular weight excluding hydrogens is 244 g/mol. The molecule has 2 aromatic rings. The summed E-state index contributed by atoms with van der Waals surface area (Å²) in [7, 11) is 0. The maximum absolute atomic E-state index is 9.06. The molecule has 1 heterocycles. The predicted octanol–water partition coefficient (Wildman–Crippen LogP) is 0.765. The first-order valence-corrected chi connectivity index (χ1v) is 6.25. The molecule has 102 valence electrons. The smallest absolute Gasteiger partial charge is 0.102 e. The molecule has 0 atom stereocenters. The minimum atomic E-state index is 0.0346. The van der Waals surface area contributed by atoms with E-state index in [9.17, 15) is 0 Å². The lowest BCUT2D eigenvalue weighted by atomic mass is 10.2. The molecule has 0 spiro atoms. The first-order valence-electron chi connectivity index (χ1n) is 6.25. The Kier molecular flexibility index (Phi) is 4.88. The molecule has 19 heavy (non-hydrogen) atoms. The second-order valence-electron chi connectivity index (χ2n) is 4.26. The zero-order valence-corrected chi connectivity index (χ0v) is 10.7. The van der Waals surface area contributed by atoms with Gasteiger partial charge in [-0.05, 0) is 24.1 Å². The zero-order valence-electron chi connectivity index (χ0n) is 10.7. The van der Waals surface area contributed by atoms with E-state index in [1.54, 1.807) is 4.68 Å². The van der Waals surface area contributed by atoms with E-state index < -0.39 is 0 Å². The number of aryl methyl sites for hydroxylation is 1. The van der Waals surface area contributed by atoms with Crippen molar-refractivity contribution in [2.45, 2.75) is 26.1 Å². The van der Waals surface area contributed by atoms with Crippen LogP contribution in [0, 0.1) is 0 Å². The summed E-state index contributed by atoms with van der Waals surface area (Å²) in [6, 6.07) is 7.61. The van der Waals surface area contributed by atoms with Crippen molar-refractivity contribution in [3.63, 3.8) is 0 Å². The Morgan fingerprint density at radius 2 is 2.16 bits per heavy atom. The lowest BCUT2D eigenvalue weighted by Crippen LogP contribution is -2.01. The average Bonchev–Trinajstić information content (AvgIpc) is 2.91. The number of anilines is 1. The summed E-state index contributed by atoms with van der Waals surface area (Å²) in [4.78, 5) is 0. The lowest BCUT2D eigenvalue weighted by molar-refractivity contribution is 0.276. The van der Waals surface area contributed by atoms with Gasteiger partial charge in [-0.15, -0.1) is 5.10 Å². The first kappa shape index (κ1) is 13.5. The molecule has 0 bridgehead atoms. The number of benzene rings is 1. The van der Waals surface area contributed by atoms with E-state index in [-0.39, 0.29) is 13.2 Å². The van der Waals surface area contributed by atoms with E-state index >= 15 is 0 Å². The summed E-state index contributed by atoms with van der Waals surface area (Å²) in [5.41, 5.74) is 2.65. The summed E-state index contributed by atoms with van der Waals surface area (Å²) >= 11 is 0. The minimum Gasteiger partial charge on any atom is -0.396 e. The molecule has 0 aliphatic rings. The molecule has 3 N–H and O–H groups in total. The average molecular weight is 262 g/mol. The summed E-state index contributed by atoms with van der Waals surface area (Å²) in [6.07, 6.45) is 2.54. The Morgan fingerprint density at radius 1 is 1.26 bits per heavy atom. The summed E-state index contributed by atoms with van der Waals surface area (Å²) in [5.74, 6) is 0. The Hall–Kier alpha value is -1.92. The molecule has 0 saturated carbocycles. The van der Waals surface area contributed by atoms with Gasteiger partial charge in [0.05, 0.1) is 19.3 Å². The summed E-state index contributed by atoms with van der Waals surface area (Å²) in [5, 5.41) is 29.1. The van der Waals surface area contributed by atoms with Gasteiger partial charge in [-0.2, -0.15) is 0 Å². The fraction of sp³-hybridized carbons (Fsp3) is 0.385. The third kappa shape index (κ3) is 4.04. The predicted molar refractivity (Wildman–Crippen MR) is 71.4 cm³/mol. The van der Waals surface area contributed by atoms with E-state index in [1.807, 2.05) is 30.5 Å². The van der Waals surface area contributed by atoms with E-state index in [4.69, 9.17) is 10.2 Å². The van der Waals surface area contributed by atoms with Crippen molar-refractivity contribution in [1.29, 1.82) is 0 Å². The second kappa shape index (κ2) is 6.86. The largest absolute Gasteiger partial charge is 0.396 e. The van der Waals surface area contributed by atoms with Crippen molar-refractivity contribution in [2.24, 2.45) is 0 Å². The van der Waals surface area contributed by atoms with E-state index in [0.717, 1.165) is 16.9 Å². The quantitative estimate of drug-likeness (QED) is 0.686. The van der Waals surface area contributed by atoms with Gasteiger partial charge in [-0.25, -0.2) is 0 Å². The van der Waals surface area contributed by atoms with Crippen LogP contribution < -0.4 is 5.32 Å². The second-order valence-corrected chi connectivity index (χ2v) is 4.26. The monoisotopic (exact) mass is 262 g/mol. The van der Waals surface area contributed by atoms with Crippen LogP contribution in [-0.2, 0) is 19.7 Å². The Morgan fingerprint density at radius 3 is 2.95 bits per heavy atom. The van der Waals surface area contributed by atoms with Crippen molar-refractivity contribution in [3.05, 3.63) is 41.7 Å². The fourth-order valence-electron chi connectivity index (χ4n) is 1.73. The molecule has 0 unspecified atom stereocenters. The highest BCUT2D eigenvalue weighted by Gasteiger charge is 2.01. The number of nitrogens with zero attached hydrogens (tertiary/aromatic N) is 3. The van der Waals surface area contributed by atoms with Gasteiger partial charge in [-0.3, -0.25) is 4.68 Å². The van der Waals surface area contributed by atoms with Crippen LogP contribution in [0.4, 0.5) is 5.69 Å². The number of hydrogen-bond donors (Lipinski definition) is 3. The number of rotatable bonds is 7. The van der Waals surface area contributed by atoms with Gasteiger partial charge in [0, 0.05) is 18.8 Å². The molecule has 1 aromatic heterocycles. The molecular formula is C13H18N4O2. The van der Waals surface area contributed by atoms with Crippen LogP contribution in [0.2, 0.25) is 0 Å². The number of nitrogens with one attached hydrogen (secondary N) is 1. The van der Waals surface area contributed by atoms with Crippen LogP contribution in [0.25, 0.3) is 0 Å². The van der Waals surface area contributed by atoms with Crippen molar-refractivity contribution in [1.82, 2.24) is 15.0 Å². The Labute approximate surface area is 111 Å². The molecule has 0 radical (unpaired) electrons. The van der Waals surface area contributed by atoms with Crippen molar-refractivity contribution in [2.75, 3.05) is 11.9 Å². The zero-order chi connectivity index (χ0) is 13.5. The van der Waals surface area contributed by atoms with Crippen molar-refractivity contribution >= 4 is 5.69 Å². The number of hydrogen-bond acceptors (Lipinski definition) is 5. The third-order valence-corrected chi connectivity index (χ3v) is 2.71. The maximum Gasteiger partial charge on any atom is 0.102 e. The van der Waals surface area contributed by atoms with Gasteiger partial charge in [0.25, 0.3) is 0 Å². The molecule has 0 fully saturated rings. The molecule has 6 heteroatoms. The molecule has 1 aromatic carbocycles. The van der Waals surface area contributed by atoms with Gasteiger partial charge in [0.2, 0.25) is 0 Å². The third-order valence-electron chi connectivity index (χ3n) is 2.71. The Bertz CT molecular complexity index is 513. The van der Waals surface area contributed by atoms with Crippen LogP contribution >= 0.6 is 0 Å². The standard InChI is InChI=1S/C13H18N4O2/c18-6-2-5-17-9-13(15-16-17)8-14-12-4-1-3-11(7-12)10-19/h1,3-4,7,9,14,18-19H,2,5-6,8,10H2. The number of aromatic nitrogens is 3. The molecule has 0 aliphatic carbocycles. The van der Waals surface area contributed by atoms with Crippen molar-refractivity contribution in [3.8, 4) is 0 Å². The molecule has 0 saturated heterocycles. The number of aliphatic hydroxyl groups is 2. The molecule has 2 rings (SSSR count). The van der Waals surface area contributed by atoms with Gasteiger partial charge >= 0.3 is 0 Å².